The molecule has 11 nitrogen and oxygen atoms in total. The van der Waals surface area contributed by atoms with Crippen LogP contribution in [0.15, 0.2) is 53.8 Å². The number of carbonyl (C=O) groups excluding carboxylic acids is 2. The van der Waals surface area contributed by atoms with Gasteiger partial charge in [-0.1, -0.05) is 19.9 Å². The minimum absolute atomic E-state index is 0.0549. The largest absolute Gasteiger partial charge is 0.618 e. The highest BCUT2D eigenvalue weighted by Gasteiger charge is 2.35. The lowest BCUT2D eigenvalue weighted by atomic mass is 10.0. The fourth-order valence-electron chi connectivity index (χ4n) is 3.95. The van der Waals surface area contributed by atoms with Crippen molar-refractivity contribution in [3.63, 3.8) is 0 Å². The maximum absolute atomic E-state index is 13.1. The maximum Gasteiger partial charge on any atom is 0.318 e. The first-order chi connectivity index (χ1) is 16.6. The molecule has 1 aliphatic rings. The Balaban J connectivity index is 1.69. The predicted molar refractivity (Wildman–Crippen MR) is 126 cm³/mol. The molecular weight excluding hydrogens is 474 g/mol. The van der Waals surface area contributed by atoms with E-state index in [0.717, 1.165) is 0 Å². The SMILES string of the molecule is CC(C)CC(NC(=O)c1cccc[n+]1[O-])C(=O)NC1CCCN(S(=O)(=O)c2ccccn2)C[C@@H]1O. The van der Waals surface area contributed by atoms with Crippen molar-refractivity contribution in [3.05, 3.63) is 59.7 Å². The van der Waals surface area contributed by atoms with Crippen LogP contribution in [0.1, 0.15) is 43.6 Å². The first-order valence-corrected chi connectivity index (χ1v) is 12.9. The van der Waals surface area contributed by atoms with Crippen LogP contribution < -0.4 is 15.4 Å². The second-order valence-corrected chi connectivity index (χ2v) is 10.8. The number of hydrogen-bond acceptors (Lipinski definition) is 7. The van der Waals surface area contributed by atoms with Gasteiger partial charge in [-0.05, 0) is 43.4 Å². The molecule has 2 unspecified atom stereocenters. The topological polar surface area (TPSA) is 156 Å². The zero-order valence-electron chi connectivity index (χ0n) is 19.7. The molecule has 3 atom stereocenters. The van der Waals surface area contributed by atoms with E-state index in [1.54, 1.807) is 18.2 Å². The van der Waals surface area contributed by atoms with Crippen molar-refractivity contribution in [2.45, 2.75) is 56.3 Å². The normalized spacial score (nSPS) is 20.1. The number of nitrogens with zero attached hydrogens (tertiary/aromatic N) is 3. The number of aliphatic hydroxyl groups excluding tert-OH is 1. The average Bonchev–Trinajstić information content (AvgIpc) is 3.01. The van der Waals surface area contributed by atoms with E-state index in [1.807, 2.05) is 13.8 Å². The Kier molecular flexibility index (Phi) is 8.76. The molecule has 1 saturated heterocycles. The number of nitrogens with one attached hydrogen (secondary N) is 2. The van der Waals surface area contributed by atoms with Crippen LogP contribution in [0, 0.1) is 11.1 Å². The van der Waals surface area contributed by atoms with E-state index in [-0.39, 0.29) is 29.7 Å². The molecule has 2 aromatic heterocycles. The lowest BCUT2D eigenvalue weighted by Crippen LogP contribution is -2.54. The number of aliphatic hydroxyl groups is 1. The van der Waals surface area contributed by atoms with Crippen LogP contribution in [0.2, 0.25) is 0 Å². The van der Waals surface area contributed by atoms with Crippen molar-refractivity contribution in [2.75, 3.05) is 13.1 Å². The number of aromatic nitrogens is 2. The Hall–Kier alpha value is -3.09. The summed E-state index contributed by atoms with van der Waals surface area (Å²) in [5.41, 5.74) is -0.140. The first-order valence-electron chi connectivity index (χ1n) is 11.5. The Morgan fingerprint density at radius 2 is 2.00 bits per heavy atom. The van der Waals surface area contributed by atoms with Gasteiger partial charge in [-0.3, -0.25) is 9.59 Å². The van der Waals surface area contributed by atoms with Gasteiger partial charge >= 0.3 is 5.91 Å². The molecule has 1 aliphatic heterocycles. The van der Waals surface area contributed by atoms with Gasteiger partial charge in [-0.25, -0.2) is 13.4 Å². The summed E-state index contributed by atoms with van der Waals surface area (Å²) >= 11 is 0. The van der Waals surface area contributed by atoms with Crippen molar-refractivity contribution < 1.29 is 27.8 Å². The quantitative estimate of drug-likeness (QED) is 0.342. The number of amides is 2. The molecule has 0 saturated carbocycles. The van der Waals surface area contributed by atoms with Crippen LogP contribution in [0.3, 0.4) is 0 Å². The molecule has 2 aromatic rings. The Labute approximate surface area is 204 Å². The molecule has 0 spiro atoms. The lowest BCUT2D eigenvalue weighted by Gasteiger charge is -2.27. The van der Waals surface area contributed by atoms with Crippen LogP contribution in [0.25, 0.3) is 0 Å². The summed E-state index contributed by atoms with van der Waals surface area (Å²) in [6, 6.07) is 7.33. The molecule has 1 fully saturated rings. The standard InChI is InChI=1S/C23H31N5O6S/c1-16(2)14-18(26-23(31)19-9-4-6-13-28(19)32)22(30)25-17-8-7-12-27(15-20(17)29)35(33,34)21-10-3-5-11-24-21/h3-6,9-11,13,16-18,20,29H,7-8,12,14-15H2,1-2H3,(H,25,30)(H,26,31)/t17?,18?,20-/m0/s1. The molecule has 35 heavy (non-hydrogen) atoms. The fraction of sp³-hybridized carbons (Fsp3) is 0.478. The number of rotatable bonds is 8. The van der Waals surface area contributed by atoms with Crippen molar-refractivity contribution in [3.8, 4) is 0 Å². The molecule has 3 heterocycles. The predicted octanol–water partition coefficient (Wildman–Crippen LogP) is 0.190. The molecule has 12 heteroatoms. The summed E-state index contributed by atoms with van der Waals surface area (Å²) in [5, 5.41) is 28.0. The summed E-state index contributed by atoms with van der Waals surface area (Å²) in [6.45, 7) is 3.75. The van der Waals surface area contributed by atoms with E-state index in [1.165, 1.54) is 34.9 Å². The molecule has 3 rings (SSSR count). The highest BCUT2D eigenvalue weighted by molar-refractivity contribution is 7.89. The number of sulfonamides is 1. The second kappa shape index (κ2) is 11.6. The van der Waals surface area contributed by atoms with Crippen LogP contribution in [-0.4, -0.2) is 65.9 Å². The van der Waals surface area contributed by atoms with E-state index < -0.39 is 40.0 Å². The van der Waals surface area contributed by atoms with E-state index in [2.05, 4.69) is 15.6 Å². The summed E-state index contributed by atoms with van der Waals surface area (Å²) in [5.74, 6) is -1.14. The Morgan fingerprint density at radius 1 is 1.26 bits per heavy atom. The molecule has 0 bridgehead atoms. The van der Waals surface area contributed by atoms with Crippen molar-refractivity contribution in [1.29, 1.82) is 0 Å². The van der Waals surface area contributed by atoms with Gasteiger partial charge in [0.1, 0.15) is 6.04 Å². The number of hydrogen-bond donors (Lipinski definition) is 3. The third kappa shape index (κ3) is 6.74. The molecule has 0 aromatic carbocycles. The van der Waals surface area contributed by atoms with Gasteiger partial charge in [0.15, 0.2) is 11.2 Å². The molecule has 0 radical (unpaired) electrons. The van der Waals surface area contributed by atoms with Crippen molar-refractivity contribution in [2.24, 2.45) is 5.92 Å². The summed E-state index contributed by atoms with van der Waals surface area (Å²) in [7, 11) is -3.89. The Morgan fingerprint density at radius 3 is 2.66 bits per heavy atom. The van der Waals surface area contributed by atoms with Crippen molar-refractivity contribution >= 4 is 21.8 Å². The van der Waals surface area contributed by atoms with E-state index >= 15 is 0 Å². The number of pyridine rings is 2. The third-order valence-electron chi connectivity index (χ3n) is 5.73. The second-order valence-electron chi connectivity index (χ2n) is 8.92. The monoisotopic (exact) mass is 505 g/mol. The van der Waals surface area contributed by atoms with E-state index in [4.69, 9.17) is 0 Å². The fourth-order valence-corrected chi connectivity index (χ4v) is 5.38. The minimum Gasteiger partial charge on any atom is -0.618 e. The molecule has 3 N–H and O–H groups in total. The average molecular weight is 506 g/mol. The van der Waals surface area contributed by atoms with Gasteiger partial charge in [-0.2, -0.15) is 9.04 Å². The van der Waals surface area contributed by atoms with Gasteiger partial charge in [0.05, 0.1) is 12.1 Å². The van der Waals surface area contributed by atoms with Crippen LogP contribution in [-0.2, 0) is 14.8 Å². The van der Waals surface area contributed by atoms with Gasteiger partial charge in [0.2, 0.25) is 5.91 Å². The van der Waals surface area contributed by atoms with E-state index in [0.29, 0.717) is 24.0 Å². The van der Waals surface area contributed by atoms with Gasteiger partial charge in [0.25, 0.3) is 15.7 Å². The highest BCUT2D eigenvalue weighted by Crippen LogP contribution is 2.20. The first kappa shape index (κ1) is 26.5. The van der Waals surface area contributed by atoms with Crippen LogP contribution in [0.5, 0.6) is 0 Å². The highest BCUT2D eigenvalue weighted by atomic mass is 32.2. The summed E-state index contributed by atoms with van der Waals surface area (Å²) < 4.78 is 27.4. The summed E-state index contributed by atoms with van der Waals surface area (Å²) in [6.07, 6.45) is 2.49. The molecule has 2 amide bonds. The lowest BCUT2D eigenvalue weighted by molar-refractivity contribution is -0.607. The van der Waals surface area contributed by atoms with Crippen LogP contribution >= 0.6 is 0 Å². The molecule has 0 aliphatic carbocycles. The van der Waals surface area contributed by atoms with Gasteiger partial charge in [0, 0.05) is 31.4 Å². The zero-order valence-corrected chi connectivity index (χ0v) is 20.5. The maximum atomic E-state index is 13.1. The molecular formula is C23H31N5O6S. The number of carbonyl (C=O) groups is 2. The Bertz CT molecular complexity index is 1130. The minimum atomic E-state index is -3.89. The summed E-state index contributed by atoms with van der Waals surface area (Å²) in [4.78, 5) is 29.6. The van der Waals surface area contributed by atoms with Gasteiger partial charge < -0.3 is 20.9 Å². The third-order valence-corrected chi connectivity index (χ3v) is 7.51. The zero-order chi connectivity index (χ0) is 25.6. The van der Waals surface area contributed by atoms with Gasteiger partial charge in [-0.15, -0.1) is 0 Å². The van der Waals surface area contributed by atoms with Crippen LogP contribution in [0.4, 0.5) is 0 Å². The number of β-amino-alcohol motifs (C(OH)–C–C–N with tert-alkyl or cyclic N) is 1. The van der Waals surface area contributed by atoms with Crippen molar-refractivity contribution in [1.82, 2.24) is 19.9 Å². The molecule has 190 valence electrons. The smallest absolute Gasteiger partial charge is 0.318 e. The van der Waals surface area contributed by atoms with E-state index in [9.17, 15) is 28.3 Å².